The predicted octanol–water partition coefficient (Wildman–Crippen LogP) is 1.03. The SMILES string of the molecule is CC1CC(=O)N(CC2(C(=O)O)CCCC2)C1=O. The van der Waals surface area contributed by atoms with Gasteiger partial charge in [0, 0.05) is 18.9 Å². The first-order chi connectivity index (χ1) is 7.96. The van der Waals surface area contributed by atoms with Gasteiger partial charge in [-0.2, -0.15) is 0 Å². The molecule has 1 atom stereocenters. The summed E-state index contributed by atoms with van der Waals surface area (Å²) in [5.74, 6) is -1.62. The minimum atomic E-state index is -0.893. The van der Waals surface area contributed by atoms with Gasteiger partial charge in [-0.3, -0.25) is 19.3 Å². The Morgan fingerprint density at radius 3 is 2.41 bits per heavy atom. The zero-order valence-electron chi connectivity index (χ0n) is 9.94. The molecule has 0 aromatic carbocycles. The molecule has 0 spiro atoms. The molecule has 5 heteroatoms. The summed E-state index contributed by atoms with van der Waals surface area (Å²) >= 11 is 0. The monoisotopic (exact) mass is 239 g/mol. The van der Waals surface area contributed by atoms with Crippen molar-refractivity contribution in [3.63, 3.8) is 0 Å². The van der Waals surface area contributed by atoms with Crippen LogP contribution >= 0.6 is 0 Å². The Kier molecular flexibility index (Phi) is 2.93. The highest BCUT2D eigenvalue weighted by molar-refractivity contribution is 6.03. The summed E-state index contributed by atoms with van der Waals surface area (Å²) in [5, 5.41) is 9.31. The minimum absolute atomic E-state index is 0.0599. The third-order valence-corrected chi connectivity index (χ3v) is 3.94. The van der Waals surface area contributed by atoms with Crippen LogP contribution in [-0.4, -0.2) is 34.3 Å². The Balaban J connectivity index is 2.16. The van der Waals surface area contributed by atoms with Gasteiger partial charge in [-0.15, -0.1) is 0 Å². The second kappa shape index (κ2) is 4.13. The van der Waals surface area contributed by atoms with Gasteiger partial charge in [0.05, 0.1) is 5.41 Å². The van der Waals surface area contributed by atoms with Gasteiger partial charge in [0.15, 0.2) is 0 Å². The van der Waals surface area contributed by atoms with Crippen LogP contribution in [0.15, 0.2) is 0 Å². The summed E-state index contributed by atoms with van der Waals surface area (Å²) in [4.78, 5) is 36.0. The van der Waals surface area contributed by atoms with Crippen LogP contribution in [0.3, 0.4) is 0 Å². The zero-order valence-corrected chi connectivity index (χ0v) is 9.94. The molecule has 1 saturated carbocycles. The van der Waals surface area contributed by atoms with Crippen molar-refractivity contribution in [2.75, 3.05) is 6.54 Å². The van der Waals surface area contributed by atoms with Crippen molar-refractivity contribution in [3.8, 4) is 0 Å². The number of nitrogens with zero attached hydrogens (tertiary/aromatic N) is 1. The summed E-state index contributed by atoms with van der Waals surface area (Å²) in [7, 11) is 0. The van der Waals surface area contributed by atoms with E-state index in [4.69, 9.17) is 0 Å². The van der Waals surface area contributed by atoms with Gasteiger partial charge in [0.1, 0.15) is 0 Å². The molecule has 17 heavy (non-hydrogen) atoms. The van der Waals surface area contributed by atoms with Gasteiger partial charge in [0.2, 0.25) is 11.8 Å². The highest BCUT2D eigenvalue weighted by Crippen LogP contribution is 2.40. The van der Waals surface area contributed by atoms with E-state index in [2.05, 4.69) is 0 Å². The molecule has 2 fully saturated rings. The van der Waals surface area contributed by atoms with Gasteiger partial charge in [0.25, 0.3) is 0 Å². The second-order valence-electron chi connectivity index (χ2n) is 5.22. The topological polar surface area (TPSA) is 74.7 Å². The van der Waals surface area contributed by atoms with E-state index in [1.807, 2.05) is 0 Å². The summed E-state index contributed by atoms with van der Waals surface area (Å²) in [6.07, 6.45) is 3.06. The van der Waals surface area contributed by atoms with Crippen LogP contribution in [-0.2, 0) is 14.4 Å². The molecule has 5 nitrogen and oxygen atoms in total. The zero-order chi connectivity index (χ0) is 12.6. The Morgan fingerprint density at radius 1 is 1.41 bits per heavy atom. The van der Waals surface area contributed by atoms with Crippen LogP contribution in [0.2, 0.25) is 0 Å². The number of carbonyl (C=O) groups is 3. The molecule has 2 aliphatic rings. The Labute approximate surface area is 99.8 Å². The normalized spacial score (nSPS) is 27.8. The molecule has 0 aromatic heterocycles. The molecule has 0 bridgehead atoms. The van der Waals surface area contributed by atoms with Gasteiger partial charge >= 0.3 is 5.97 Å². The number of hydrogen-bond donors (Lipinski definition) is 1. The molecule has 1 saturated heterocycles. The number of carboxylic acid groups (broad SMARTS) is 1. The van der Waals surface area contributed by atoms with Crippen molar-refractivity contribution in [2.45, 2.75) is 39.0 Å². The van der Waals surface area contributed by atoms with E-state index < -0.39 is 11.4 Å². The third kappa shape index (κ3) is 1.94. The third-order valence-electron chi connectivity index (χ3n) is 3.94. The number of carbonyl (C=O) groups excluding carboxylic acids is 2. The van der Waals surface area contributed by atoms with Gasteiger partial charge in [-0.1, -0.05) is 19.8 Å². The molecule has 0 radical (unpaired) electrons. The van der Waals surface area contributed by atoms with Crippen LogP contribution < -0.4 is 0 Å². The molecule has 2 amide bonds. The van der Waals surface area contributed by atoms with Crippen molar-refractivity contribution >= 4 is 17.8 Å². The first kappa shape index (κ1) is 12.1. The minimum Gasteiger partial charge on any atom is -0.481 e. The number of aliphatic carboxylic acids is 1. The van der Waals surface area contributed by atoms with Crippen molar-refractivity contribution in [3.05, 3.63) is 0 Å². The smallest absolute Gasteiger partial charge is 0.311 e. The molecule has 1 aliphatic heterocycles. The van der Waals surface area contributed by atoms with Crippen LogP contribution in [0.25, 0.3) is 0 Å². The van der Waals surface area contributed by atoms with E-state index in [1.54, 1.807) is 6.92 Å². The van der Waals surface area contributed by atoms with E-state index in [0.717, 1.165) is 17.7 Å². The van der Waals surface area contributed by atoms with Crippen molar-refractivity contribution in [2.24, 2.45) is 11.3 Å². The van der Waals surface area contributed by atoms with Crippen LogP contribution in [0.1, 0.15) is 39.0 Å². The van der Waals surface area contributed by atoms with E-state index in [-0.39, 0.29) is 30.7 Å². The first-order valence-electron chi connectivity index (χ1n) is 6.04. The fourth-order valence-electron chi connectivity index (χ4n) is 2.81. The summed E-state index contributed by atoms with van der Waals surface area (Å²) < 4.78 is 0. The van der Waals surface area contributed by atoms with E-state index in [0.29, 0.717) is 12.8 Å². The van der Waals surface area contributed by atoms with Crippen molar-refractivity contribution in [1.82, 2.24) is 4.90 Å². The molecular weight excluding hydrogens is 222 g/mol. The highest BCUT2D eigenvalue weighted by Gasteiger charge is 2.47. The fourth-order valence-corrected chi connectivity index (χ4v) is 2.81. The predicted molar refractivity (Wildman–Crippen MR) is 59.0 cm³/mol. The molecule has 1 heterocycles. The molecule has 1 aliphatic carbocycles. The average Bonchev–Trinajstić information content (AvgIpc) is 2.81. The number of amides is 2. The van der Waals surface area contributed by atoms with Gasteiger partial charge in [-0.25, -0.2) is 0 Å². The van der Waals surface area contributed by atoms with E-state index in [1.165, 1.54) is 0 Å². The summed E-state index contributed by atoms with van der Waals surface area (Å²) in [6, 6.07) is 0. The lowest BCUT2D eigenvalue weighted by atomic mass is 9.85. The average molecular weight is 239 g/mol. The largest absolute Gasteiger partial charge is 0.481 e. The van der Waals surface area contributed by atoms with Crippen LogP contribution in [0, 0.1) is 11.3 Å². The van der Waals surface area contributed by atoms with Crippen LogP contribution in [0.4, 0.5) is 0 Å². The number of rotatable bonds is 3. The molecule has 1 unspecified atom stereocenters. The number of hydrogen-bond acceptors (Lipinski definition) is 3. The number of carboxylic acids is 1. The molecule has 94 valence electrons. The quantitative estimate of drug-likeness (QED) is 0.746. The lowest BCUT2D eigenvalue weighted by Crippen LogP contribution is -2.44. The summed E-state index contributed by atoms with van der Waals surface area (Å²) in [6.45, 7) is 1.77. The van der Waals surface area contributed by atoms with Crippen molar-refractivity contribution in [1.29, 1.82) is 0 Å². The molecule has 0 aromatic rings. The van der Waals surface area contributed by atoms with Gasteiger partial charge in [-0.05, 0) is 12.8 Å². The molecule has 2 rings (SSSR count). The number of imide groups is 1. The number of likely N-dealkylation sites (tertiary alicyclic amines) is 1. The Hall–Kier alpha value is -1.39. The lowest BCUT2D eigenvalue weighted by molar-refractivity contribution is -0.152. The van der Waals surface area contributed by atoms with Crippen LogP contribution in [0.5, 0.6) is 0 Å². The standard InChI is InChI=1S/C12H17NO4/c1-8-6-9(14)13(10(8)15)7-12(11(16)17)4-2-3-5-12/h8H,2-7H2,1H3,(H,16,17). The van der Waals surface area contributed by atoms with Gasteiger partial charge < -0.3 is 5.11 Å². The van der Waals surface area contributed by atoms with E-state index in [9.17, 15) is 19.5 Å². The second-order valence-corrected chi connectivity index (χ2v) is 5.22. The summed E-state index contributed by atoms with van der Waals surface area (Å²) in [5.41, 5.74) is -0.893. The Morgan fingerprint density at radius 2 is 2.00 bits per heavy atom. The maximum Gasteiger partial charge on any atom is 0.311 e. The molecule has 1 N–H and O–H groups in total. The molecular formula is C12H17NO4. The van der Waals surface area contributed by atoms with Crippen molar-refractivity contribution < 1.29 is 19.5 Å². The van der Waals surface area contributed by atoms with E-state index >= 15 is 0 Å². The lowest BCUT2D eigenvalue weighted by Gasteiger charge is -2.28. The first-order valence-corrected chi connectivity index (χ1v) is 6.04. The fraction of sp³-hybridized carbons (Fsp3) is 0.750. The highest BCUT2D eigenvalue weighted by atomic mass is 16.4. The Bertz CT molecular complexity index is 371. The maximum absolute atomic E-state index is 11.8. The maximum atomic E-state index is 11.8.